The van der Waals surface area contributed by atoms with Crippen LogP contribution in [0.2, 0.25) is 0 Å². The molecule has 0 amide bonds. The molecule has 2 aliphatic carbocycles. The maximum absolute atomic E-state index is 12.3. The van der Waals surface area contributed by atoms with Gasteiger partial charge in [0.15, 0.2) is 0 Å². The molecule has 0 heterocycles. The Morgan fingerprint density at radius 3 is 2.71 bits per heavy atom. The first-order valence-corrected chi connectivity index (χ1v) is 8.53. The molecule has 2 fully saturated rings. The number of carbonyl (C=O) groups is 1. The molecule has 2 aliphatic rings. The molecule has 0 bridgehead atoms. The molecule has 1 N–H and O–H groups in total. The number of esters is 1. The highest BCUT2D eigenvalue weighted by atomic mass is 16.5. The van der Waals surface area contributed by atoms with E-state index in [9.17, 15) is 4.79 Å². The van der Waals surface area contributed by atoms with E-state index in [4.69, 9.17) is 9.47 Å². The molecule has 0 spiro atoms. The zero-order valence-corrected chi connectivity index (χ0v) is 13.8. The largest absolute Gasteiger partial charge is 0.468 e. The standard InChI is InChI=1S/C17H31NO3/c1-13(2)6-5-11-21-15-7-4-10-17(12-15,16(19)20-3)18-14-8-9-14/h13-15,18H,4-12H2,1-3H3. The normalized spacial score (nSPS) is 29.6. The van der Waals surface area contributed by atoms with Crippen LogP contribution in [0.25, 0.3) is 0 Å². The SMILES string of the molecule is COC(=O)C1(NC2CC2)CCCC(OCCCC(C)C)C1. The number of hydrogen-bond donors (Lipinski definition) is 1. The number of nitrogens with one attached hydrogen (secondary N) is 1. The van der Waals surface area contributed by atoms with E-state index in [2.05, 4.69) is 19.2 Å². The highest BCUT2D eigenvalue weighted by molar-refractivity contribution is 5.81. The molecule has 0 saturated heterocycles. The second kappa shape index (κ2) is 7.59. The van der Waals surface area contributed by atoms with Gasteiger partial charge in [0.05, 0.1) is 13.2 Å². The van der Waals surface area contributed by atoms with Crippen LogP contribution in [-0.4, -0.2) is 37.4 Å². The number of hydrogen-bond acceptors (Lipinski definition) is 4. The molecular weight excluding hydrogens is 266 g/mol. The summed E-state index contributed by atoms with van der Waals surface area (Å²) < 4.78 is 11.1. The molecule has 0 aromatic rings. The summed E-state index contributed by atoms with van der Waals surface area (Å²) in [4.78, 5) is 12.3. The maximum Gasteiger partial charge on any atom is 0.326 e. The van der Waals surface area contributed by atoms with Gasteiger partial charge >= 0.3 is 5.97 Å². The van der Waals surface area contributed by atoms with Gasteiger partial charge in [-0.15, -0.1) is 0 Å². The second-order valence-electron chi connectivity index (χ2n) is 7.12. The Bertz CT molecular complexity index is 341. The van der Waals surface area contributed by atoms with Gasteiger partial charge in [0.25, 0.3) is 0 Å². The van der Waals surface area contributed by atoms with Crippen LogP contribution in [0.5, 0.6) is 0 Å². The fourth-order valence-electron chi connectivity index (χ4n) is 3.30. The first-order chi connectivity index (χ1) is 10.1. The van der Waals surface area contributed by atoms with Gasteiger partial charge < -0.3 is 9.47 Å². The van der Waals surface area contributed by atoms with E-state index in [1.54, 1.807) is 0 Å². The molecule has 0 aromatic carbocycles. The van der Waals surface area contributed by atoms with Crippen LogP contribution in [-0.2, 0) is 14.3 Å². The fraction of sp³-hybridized carbons (Fsp3) is 0.941. The predicted octanol–water partition coefficient (Wildman–Crippen LogP) is 3.05. The van der Waals surface area contributed by atoms with Gasteiger partial charge in [-0.3, -0.25) is 10.1 Å². The minimum Gasteiger partial charge on any atom is -0.468 e. The van der Waals surface area contributed by atoms with Crippen molar-refractivity contribution >= 4 is 5.97 Å². The molecule has 2 unspecified atom stereocenters. The lowest BCUT2D eigenvalue weighted by molar-refractivity contribution is -0.153. The Labute approximate surface area is 129 Å². The van der Waals surface area contributed by atoms with Crippen LogP contribution >= 0.6 is 0 Å². The Hall–Kier alpha value is -0.610. The molecule has 0 aromatic heterocycles. The average molecular weight is 297 g/mol. The zero-order chi connectivity index (χ0) is 15.3. The van der Waals surface area contributed by atoms with Crippen molar-refractivity contribution in [2.24, 2.45) is 5.92 Å². The van der Waals surface area contributed by atoms with E-state index >= 15 is 0 Å². The third-order valence-electron chi connectivity index (χ3n) is 4.62. The molecule has 0 radical (unpaired) electrons. The van der Waals surface area contributed by atoms with Crippen LogP contribution in [0.1, 0.15) is 65.2 Å². The van der Waals surface area contributed by atoms with Gasteiger partial charge in [-0.25, -0.2) is 0 Å². The van der Waals surface area contributed by atoms with Gasteiger partial charge in [-0.1, -0.05) is 13.8 Å². The topological polar surface area (TPSA) is 47.6 Å². The molecular formula is C17H31NO3. The second-order valence-corrected chi connectivity index (χ2v) is 7.12. The summed E-state index contributed by atoms with van der Waals surface area (Å²) in [6.07, 6.45) is 8.59. The molecule has 2 atom stereocenters. The monoisotopic (exact) mass is 297 g/mol. The fourth-order valence-corrected chi connectivity index (χ4v) is 3.30. The van der Waals surface area contributed by atoms with Crippen LogP contribution in [0, 0.1) is 5.92 Å². The summed E-state index contributed by atoms with van der Waals surface area (Å²) in [5, 5.41) is 3.54. The molecule has 0 aliphatic heterocycles. The van der Waals surface area contributed by atoms with Gasteiger partial charge in [-0.2, -0.15) is 0 Å². The summed E-state index contributed by atoms with van der Waals surface area (Å²) >= 11 is 0. The number of rotatable bonds is 8. The smallest absolute Gasteiger partial charge is 0.326 e. The number of methoxy groups -OCH3 is 1. The molecule has 4 nitrogen and oxygen atoms in total. The highest BCUT2D eigenvalue weighted by Gasteiger charge is 2.46. The van der Waals surface area contributed by atoms with Gasteiger partial charge in [-0.05, 0) is 50.9 Å². The highest BCUT2D eigenvalue weighted by Crippen LogP contribution is 2.35. The van der Waals surface area contributed by atoms with Crippen molar-refractivity contribution < 1.29 is 14.3 Å². The van der Waals surface area contributed by atoms with Crippen molar-refractivity contribution in [2.45, 2.75) is 82.9 Å². The first-order valence-electron chi connectivity index (χ1n) is 8.53. The van der Waals surface area contributed by atoms with Crippen LogP contribution in [0.15, 0.2) is 0 Å². The number of ether oxygens (including phenoxy) is 2. The lowest BCUT2D eigenvalue weighted by atomic mass is 9.79. The van der Waals surface area contributed by atoms with Crippen LogP contribution in [0.3, 0.4) is 0 Å². The Morgan fingerprint density at radius 1 is 1.33 bits per heavy atom. The minimum atomic E-state index is -0.503. The van der Waals surface area contributed by atoms with E-state index in [1.807, 2.05) is 0 Å². The van der Waals surface area contributed by atoms with Crippen molar-refractivity contribution in [1.29, 1.82) is 0 Å². The van der Waals surface area contributed by atoms with Crippen molar-refractivity contribution in [2.75, 3.05) is 13.7 Å². The van der Waals surface area contributed by atoms with Crippen molar-refractivity contribution in [3.63, 3.8) is 0 Å². The van der Waals surface area contributed by atoms with E-state index < -0.39 is 5.54 Å². The minimum absolute atomic E-state index is 0.107. The molecule has 2 saturated carbocycles. The van der Waals surface area contributed by atoms with E-state index in [1.165, 1.54) is 26.4 Å². The third kappa shape index (κ3) is 4.96. The summed E-state index contributed by atoms with van der Waals surface area (Å²) in [6, 6.07) is 0.504. The Kier molecular flexibility index (Phi) is 6.06. The van der Waals surface area contributed by atoms with Crippen molar-refractivity contribution in [3.05, 3.63) is 0 Å². The molecule has 2 rings (SSSR count). The summed E-state index contributed by atoms with van der Waals surface area (Å²) in [5.74, 6) is 0.621. The third-order valence-corrected chi connectivity index (χ3v) is 4.62. The Balaban J connectivity index is 1.85. The van der Waals surface area contributed by atoms with E-state index in [0.717, 1.165) is 44.6 Å². The average Bonchev–Trinajstić information content (AvgIpc) is 3.26. The van der Waals surface area contributed by atoms with Crippen molar-refractivity contribution in [1.82, 2.24) is 5.32 Å². The van der Waals surface area contributed by atoms with Crippen LogP contribution in [0.4, 0.5) is 0 Å². The maximum atomic E-state index is 12.3. The van der Waals surface area contributed by atoms with Crippen LogP contribution < -0.4 is 5.32 Å². The van der Waals surface area contributed by atoms with Gasteiger partial charge in [0.2, 0.25) is 0 Å². The molecule has 122 valence electrons. The molecule has 21 heavy (non-hydrogen) atoms. The summed E-state index contributed by atoms with van der Waals surface area (Å²) in [7, 11) is 1.49. The summed E-state index contributed by atoms with van der Waals surface area (Å²) in [6.45, 7) is 5.29. The molecule has 4 heteroatoms. The number of carbonyl (C=O) groups excluding carboxylic acids is 1. The lowest BCUT2D eigenvalue weighted by Crippen LogP contribution is -2.57. The summed E-state index contributed by atoms with van der Waals surface area (Å²) in [5.41, 5.74) is -0.503. The predicted molar refractivity (Wildman–Crippen MR) is 83.2 cm³/mol. The zero-order valence-electron chi connectivity index (χ0n) is 13.8. The van der Waals surface area contributed by atoms with Gasteiger partial charge in [0.1, 0.15) is 5.54 Å². The van der Waals surface area contributed by atoms with Gasteiger partial charge in [0, 0.05) is 19.1 Å². The first kappa shape index (κ1) is 16.8. The lowest BCUT2D eigenvalue weighted by Gasteiger charge is -2.39. The van der Waals surface area contributed by atoms with Crippen molar-refractivity contribution in [3.8, 4) is 0 Å². The van der Waals surface area contributed by atoms with E-state index in [-0.39, 0.29) is 12.1 Å². The Morgan fingerprint density at radius 2 is 2.10 bits per heavy atom. The van der Waals surface area contributed by atoms with E-state index in [0.29, 0.717) is 6.04 Å². The quantitative estimate of drug-likeness (QED) is 0.552.